The third-order valence-corrected chi connectivity index (χ3v) is 1.61. The van der Waals surface area contributed by atoms with Crippen molar-refractivity contribution in [3.8, 4) is 0 Å². The number of nitrogens with one attached hydrogen (secondary N) is 1. The second-order valence-electron chi connectivity index (χ2n) is 1.94. The molecule has 1 N–H and O–H groups in total. The first-order chi connectivity index (χ1) is 3.39. The summed E-state index contributed by atoms with van der Waals surface area (Å²) in [5.74, 6) is 0. The van der Waals surface area contributed by atoms with Crippen molar-refractivity contribution in [3.63, 3.8) is 0 Å². The quantitative estimate of drug-likeness (QED) is 0.469. The van der Waals surface area contributed by atoms with E-state index in [4.69, 9.17) is 11.6 Å². The van der Waals surface area contributed by atoms with E-state index in [1.165, 1.54) is 12.8 Å². The Balaban J connectivity index is 2.12. The third kappa shape index (κ3) is 1.66. The number of piperidine rings is 1. The number of hydrogen-bond donors (Lipinski definition) is 1. The molecule has 42 valence electrons. The van der Waals surface area contributed by atoms with Crippen LogP contribution in [0.1, 0.15) is 12.8 Å². The van der Waals surface area contributed by atoms with Gasteiger partial charge >= 0.3 is 0 Å². The molecule has 1 aliphatic rings. The molecule has 0 radical (unpaired) electrons. The Morgan fingerprint density at radius 3 is 2.71 bits per heavy atom. The summed E-state index contributed by atoms with van der Waals surface area (Å²) < 4.78 is 0. The fraction of sp³-hybridized carbons (Fsp3) is 1.00. The highest BCUT2D eigenvalue weighted by Crippen LogP contribution is 2.06. The van der Waals surface area contributed by atoms with Gasteiger partial charge in [-0.1, -0.05) is 0 Å². The monoisotopic (exact) mass is 119 g/mol. The van der Waals surface area contributed by atoms with Crippen LogP contribution in [0.2, 0.25) is 0 Å². The maximum atomic E-state index is 5.75. The summed E-state index contributed by atoms with van der Waals surface area (Å²) in [6.07, 6.45) is 2.43. The van der Waals surface area contributed by atoms with Gasteiger partial charge < -0.3 is 5.32 Å². The molecular weight excluding hydrogens is 110 g/mol. The number of rotatable bonds is 0. The Bertz CT molecular complexity index is 50.0. The predicted octanol–water partition coefficient (Wildman–Crippen LogP) is 0.977. The number of alkyl halides is 1. The summed E-state index contributed by atoms with van der Waals surface area (Å²) in [7, 11) is 0. The minimum absolute atomic E-state index is 0.397. The Morgan fingerprint density at radius 1 is 1.57 bits per heavy atom. The van der Waals surface area contributed by atoms with Crippen LogP contribution in [-0.2, 0) is 0 Å². The van der Waals surface area contributed by atoms with E-state index in [0.717, 1.165) is 13.1 Å². The lowest BCUT2D eigenvalue weighted by atomic mass is 10.2. The Labute approximate surface area is 49.0 Å². The Morgan fingerprint density at radius 2 is 2.43 bits per heavy atom. The second kappa shape index (κ2) is 2.53. The van der Waals surface area contributed by atoms with Crippen LogP contribution in [0, 0.1) is 0 Å². The van der Waals surface area contributed by atoms with E-state index in [9.17, 15) is 0 Å². The lowest BCUT2D eigenvalue weighted by Crippen LogP contribution is -2.29. The molecule has 0 aromatic heterocycles. The lowest BCUT2D eigenvalue weighted by Gasteiger charge is -2.15. The highest BCUT2D eigenvalue weighted by atomic mass is 35.5. The zero-order valence-corrected chi connectivity index (χ0v) is 5.04. The van der Waals surface area contributed by atoms with Crippen LogP contribution < -0.4 is 5.32 Å². The molecule has 0 aromatic rings. The largest absolute Gasteiger partial charge is 0.315 e. The van der Waals surface area contributed by atoms with Gasteiger partial charge in [0.25, 0.3) is 0 Å². The zero-order valence-electron chi connectivity index (χ0n) is 4.28. The average Bonchev–Trinajstić information content (AvgIpc) is 1.69. The van der Waals surface area contributed by atoms with Gasteiger partial charge in [0.2, 0.25) is 0 Å². The minimum Gasteiger partial charge on any atom is -0.315 e. The predicted molar refractivity (Wildman–Crippen MR) is 31.7 cm³/mol. The molecule has 0 saturated carbocycles. The van der Waals surface area contributed by atoms with E-state index in [-0.39, 0.29) is 0 Å². The van der Waals surface area contributed by atoms with Gasteiger partial charge in [-0.15, -0.1) is 11.6 Å². The van der Waals surface area contributed by atoms with E-state index in [0.29, 0.717) is 5.38 Å². The lowest BCUT2D eigenvalue weighted by molar-refractivity contribution is 0.526. The summed E-state index contributed by atoms with van der Waals surface area (Å²) in [6.45, 7) is 2.16. The Kier molecular flexibility index (Phi) is 1.95. The van der Waals surface area contributed by atoms with Gasteiger partial charge in [0.15, 0.2) is 0 Å². The Hall–Kier alpha value is 0.250. The summed E-state index contributed by atoms with van der Waals surface area (Å²) in [6, 6.07) is 0. The molecule has 0 spiro atoms. The van der Waals surface area contributed by atoms with E-state index in [1.54, 1.807) is 0 Å². The molecule has 1 nitrogen and oxygen atoms in total. The van der Waals surface area contributed by atoms with E-state index in [1.807, 2.05) is 0 Å². The topological polar surface area (TPSA) is 12.0 Å². The first kappa shape index (κ1) is 5.39. The molecule has 0 aromatic carbocycles. The van der Waals surface area contributed by atoms with Crippen molar-refractivity contribution in [1.82, 2.24) is 5.32 Å². The normalized spacial score (nSPS) is 33.0. The summed E-state index contributed by atoms with van der Waals surface area (Å²) in [5.41, 5.74) is 0. The molecule has 1 rings (SSSR count). The maximum absolute atomic E-state index is 5.75. The molecule has 0 unspecified atom stereocenters. The van der Waals surface area contributed by atoms with Crippen molar-refractivity contribution in [2.24, 2.45) is 0 Å². The molecule has 0 amide bonds. The van der Waals surface area contributed by atoms with Crippen LogP contribution in [0.25, 0.3) is 0 Å². The van der Waals surface area contributed by atoms with Crippen molar-refractivity contribution in [3.05, 3.63) is 0 Å². The standard InChI is InChI=1S/C5H10ClN/c6-5-2-1-3-7-4-5/h5,7H,1-4H2/t5-/m1/s1. The molecule has 1 atom stereocenters. The van der Waals surface area contributed by atoms with Crippen LogP contribution in [0.4, 0.5) is 0 Å². The molecule has 1 fully saturated rings. The summed E-state index contributed by atoms with van der Waals surface area (Å²) in [5, 5.41) is 3.60. The van der Waals surface area contributed by atoms with Gasteiger partial charge in [-0.25, -0.2) is 0 Å². The third-order valence-electron chi connectivity index (χ3n) is 1.24. The molecule has 0 bridgehead atoms. The first-order valence-corrected chi connectivity index (χ1v) is 3.18. The number of halogens is 1. The average molecular weight is 120 g/mol. The maximum Gasteiger partial charge on any atom is 0.0461 e. The summed E-state index contributed by atoms with van der Waals surface area (Å²) in [4.78, 5) is 0. The molecule has 0 aliphatic carbocycles. The van der Waals surface area contributed by atoms with Crippen LogP contribution in [0.3, 0.4) is 0 Å². The van der Waals surface area contributed by atoms with E-state index < -0.39 is 0 Å². The minimum atomic E-state index is 0.397. The summed E-state index contributed by atoms with van der Waals surface area (Å²) >= 11 is 5.75. The van der Waals surface area contributed by atoms with E-state index in [2.05, 4.69) is 5.32 Å². The fourth-order valence-corrected chi connectivity index (χ4v) is 1.07. The second-order valence-corrected chi connectivity index (χ2v) is 2.56. The smallest absolute Gasteiger partial charge is 0.0461 e. The van der Waals surface area contributed by atoms with Crippen molar-refractivity contribution in [2.45, 2.75) is 18.2 Å². The molecule has 1 saturated heterocycles. The van der Waals surface area contributed by atoms with Crippen LogP contribution in [-0.4, -0.2) is 18.5 Å². The van der Waals surface area contributed by atoms with Crippen LogP contribution in [0.15, 0.2) is 0 Å². The molecule has 1 heterocycles. The van der Waals surface area contributed by atoms with Gasteiger partial charge in [-0.2, -0.15) is 0 Å². The van der Waals surface area contributed by atoms with Crippen LogP contribution in [0.5, 0.6) is 0 Å². The molecule has 1 aliphatic heterocycles. The molecule has 2 heteroatoms. The van der Waals surface area contributed by atoms with Crippen LogP contribution >= 0.6 is 11.6 Å². The van der Waals surface area contributed by atoms with Crippen molar-refractivity contribution in [1.29, 1.82) is 0 Å². The van der Waals surface area contributed by atoms with Gasteiger partial charge in [-0.05, 0) is 19.4 Å². The zero-order chi connectivity index (χ0) is 5.11. The van der Waals surface area contributed by atoms with Gasteiger partial charge in [0.1, 0.15) is 0 Å². The van der Waals surface area contributed by atoms with Gasteiger partial charge in [0, 0.05) is 11.9 Å². The number of hydrogen-bond acceptors (Lipinski definition) is 1. The van der Waals surface area contributed by atoms with Crippen molar-refractivity contribution >= 4 is 11.6 Å². The van der Waals surface area contributed by atoms with Gasteiger partial charge in [0.05, 0.1) is 0 Å². The molecular formula is C5H10ClN. The van der Waals surface area contributed by atoms with Crippen molar-refractivity contribution in [2.75, 3.05) is 13.1 Å². The van der Waals surface area contributed by atoms with E-state index >= 15 is 0 Å². The molecule has 7 heavy (non-hydrogen) atoms. The highest BCUT2D eigenvalue weighted by Gasteiger charge is 2.07. The fourth-order valence-electron chi connectivity index (χ4n) is 0.809. The van der Waals surface area contributed by atoms with Gasteiger partial charge in [-0.3, -0.25) is 0 Å². The SMILES string of the molecule is Cl[C@@H]1CCCNC1. The first-order valence-electron chi connectivity index (χ1n) is 2.74. The van der Waals surface area contributed by atoms with Crippen molar-refractivity contribution < 1.29 is 0 Å². The highest BCUT2D eigenvalue weighted by molar-refractivity contribution is 6.20.